The molecule has 1 aliphatic heterocycles. The number of pyridine rings is 1. The number of hydrogen-bond acceptors (Lipinski definition) is 5. The van der Waals surface area contributed by atoms with Gasteiger partial charge in [-0.15, -0.1) is 11.3 Å². The number of aromatic nitrogens is 3. The molecule has 1 aliphatic rings. The van der Waals surface area contributed by atoms with Crippen LogP contribution in [0.5, 0.6) is 0 Å². The lowest BCUT2D eigenvalue weighted by Gasteiger charge is -2.15. The Hall–Kier alpha value is -3.52. The summed E-state index contributed by atoms with van der Waals surface area (Å²) < 4.78 is 1.83. The Labute approximate surface area is 196 Å². The van der Waals surface area contributed by atoms with Crippen LogP contribution in [-0.4, -0.2) is 44.6 Å². The van der Waals surface area contributed by atoms with Gasteiger partial charge in [0.15, 0.2) is 5.65 Å². The third-order valence-corrected chi connectivity index (χ3v) is 6.75. The summed E-state index contributed by atoms with van der Waals surface area (Å²) in [5.41, 5.74) is 3.58. The van der Waals surface area contributed by atoms with E-state index in [0.29, 0.717) is 29.9 Å². The molecule has 1 aromatic carbocycles. The minimum atomic E-state index is -0.183. The predicted molar refractivity (Wildman–Crippen MR) is 128 cm³/mol. The Bertz CT molecular complexity index is 1310. The van der Waals surface area contributed by atoms with Gasteiger partial charge in [-0.25, -0.2) is 9.67 Å². The first-order chi connectivity index (χ1) is 16.1. The molecule has 0 saturated carbocycles. The van der Waals surface area contributed by atoms with Gasteiger partial charge < -0.3 is 10.2 Å². The van der Waals surface area contributed by atoms with E-state index in [1.807, 2.05) is 52.2 Å². The third-order valence-electron chi connectivity index (χ3n) is 5.89. The van der Waals surface area contributed by atoms with Crippen molar-refractivity contribution >= 4 is 34.2 Å². The Morgan fingerprint density at radius 2 is 1.97 bits per heavy atom. The first-order valence-electron chi connectivity index (χ1n) is 11.1. The Morgan fingerprint density at radius 3 is 2.76 bits per heavy atom. The standard InChI is InChI=1S/C25H25N5O2S/c1-17-12-21(22-15-27-30(23(22)28-17)16-20-8-5-11-33-20)24(31)26-14-18-6-4-7-19(13-18)25(32)29-9-2-3-10-29/h4-8,11-13,15H,2-3,9-10,14,16H2,1H3,(H,26,31). The zero-order chi connectivity index (χ0) is 22.8. The molecular weight excluding hydrogens is 434 g/mol. The summed E-state index contributed by atoms with van der Waals surface area (Å²) in [5.74, 6) is -0.122. The van der Waals surface area contributed by atoms with Crippen molar-refractivity contribution in [3.8, 4) is 0 Å². The number of hydrogen-bond donors (Lipinski definition) is 1. The number of aryl methyl sites for hydroxylation is 1. The molecule has 0 bridgehead atoms. The maximum atomic E-state index is 13.1. The van der Waals surface area contributed by atoms with Gasteiger partial charge in [0.25, 0.3) is 11.8 Å². The van der Waals surface area contributed by atoms with Gasteiger partial charge in [-0.2, -0.15) is 5.10 Å². The van der Waals surface area contributed by atoms with Crippen LogP contribution in [0.4, 0.5) is 0 Å². The van der Waals surface area contributed by atoms with Crippen LogP contribution >= 0.6 is 11.3 Å². The summed E-state index contributed by atoms with van der Waals surface area (Å²) in [5, 5.41) is 10.2. The zero-order valence-corrected chi connectivity index (χ0v) is 19.3. The highest BCUT2D eigenvalue weighted by Gasteiger charge is 2.20. The quantitative estimate of drug-likeness (QED) is 0.472. The maximum Gasteiger partial charge on any atom is 0.253 e. The van der Waals surface area contributed by atoms with Gasteiger partial charge in [0.1, 0.15) is 0 Å². The molecule has 0 unspecified atom stereocenters. The van der Waals surface area contributed by atoms with Crippen LogP contribution in [0.25, 0.3) is 11.0 Å². The number of fused-ring (bicyclic) bond motifs is 1. The fourth-order valence-corrected chi connectivity index (χ4v) is 4.91. The highest BCUT2D eigenvalue weighted by Crippen LogP contribution is 2.21. The van der Waals surface area contributed by atoms with Crippen LogP contribution in [0, 0.1) is 6.92 Å². The van der Waals surface area contributed by atoms with Gasteiger partial charge in [0.2, 0.25) is 0 Å². The minimum absolute atomic E-state index is 0.0605. The van der Waals surface area contributed by atoms with Gasteiger partial charge in [-0.05, 0) is 55.0 Å². The Balaban J connectivity index is 1.33. The fraction of sp³-hybridized carbons (Fsp3) is 0.280. The van der Waals surface area contributed by atoms with E-state index >= 15 is 0 Å². The van der Waals surface area contributed by atoms with Crippen molar-refractivity contribution in [1.82, 2.24) is 25.0 Å². The van der Waals surface area contributed by atoms with Crippen molar-refractivity contribution in [2.24, 2.45) is 0 Å². The number of benzene rings is 1. The number of nitrogens with one attached hydrogen (secondary N) is 1. The minimum Gasteiger partial charge on any atom is -0.348 e. The summed E-state index contributed by atoms with van der Waals surface area (Å²) in [6.45, 7) is 4.48. The van der Waals surface area contributed by atoms with Crippen molar-refractivity contribution < 1.29 is 9.59 Å². The first-order valence-corrected chi connectivity index (χ1v) is 12.0. The van der Waals surface area contributed by atoms with Crippen LogP contribution in [0.1, 0.15) is 49.7 Å². The van der Waals surface area contributed by atoms with Gasteiger partial charge in [0.05, 0.1) is 23.7 Å². The van der Waals surface area contributed by atoms with Crippen molar-refractivity contribution in [1.29, 1.82) is 0 Å². The first kappa shape index (κ1) is 21.3. The van der Waals surface area contributed by atoms with E-state index in [2.05, 4.69) is 21.5 Å². The van der Waals surface area contributed by atoms with Crippen molar-refractivity contribution in [3.05, 3.63) is 81.3 Å². The number of nitrogens with zero attached hydrogens (tertiary/aromatic N) is 4. The summed E-state index contributed by atoms with van der Waals surface area (Å²) in [6.07, 6.45) is 3.83. The second-order valence-electron chi connectivity index (χ2n) is 8.31. The van der Waals surface area contributed by atoms with Gasteiger partial charge in [-0.3, -0.25) is 9.59 Å². The number of thiophene rings is 1. The molecule has 0 spiro atoms. The Kier molecular flexibility index (Phi) is 5.92. The molecule has 1 saturated heterocycles. The molecule has 0 radical (unpaired) electrons. The summed E-state index contributed by atoms with van der Waals surface area (Å²) in [7, 11) is 0. The second-order valence-corrected chi connectivity index (χ2v) is 9.34. The van der Waals surface area contributed by atoms with Crippen molar-refractivity contribution in [2.45, 2.75) is 32.9 Å². The summed E-state index contributed by atoms with van der Waals surface area (Å²) >= 11 is 1.67. The average molecular weight is 460 g/mol. The fourth-order valence-electron chi connectivity index (χ4n) is 4.22. The smallest absolute Gasteiger partial charge is 0.253 e. The van der Waals surface area contributed by atoms with E-state index in [-0.39, 0.29) is 11.8 Å². The van der Waals surface area contributed by atoms with E-state index in [4.69, 9.17) is 0 Å². The van der Waals surface area contributed by atoms with E-state index in [0.717, 1.165) is 42.6 Å². The highest BCUT2D eigenvalue weighted by atomic mass is 32.1. The predicted octanol–water partition coefficient (Wildman–Crippen LogP) is 4.02. The summed E-state index contributed by atoms with van der Waals surface area (Å²) in [4.78, 5) is 33.5. The number of rotatable bonds is 6. The largest absolute Gasteiger partial charge is 0.348 e. The molecule has 5 rings (SSSR count). The topological polar surface area (TPSA) is 80.1 Å². The normalized spacial score (nSPS) is 13.5. The lowest BCUT2D eigenvalue weighted by Crippen LogP contribution is -2.28. The van der Waals surface area contributed by atoms with Crippen LogP contribution < -0.4 is 5.32 Å². The van der Waals surface area contributed by atoms with Crippen LogP contribution in [0.3, 0.4) is 0 Å². The lowest BCUT2D eigenvalue weighted by atomic mass is 10.1. The second kappa shape index (κ2) is 9.15. The SMILES string of the molecule is Cc1cc(C(=O)NCc2cccc(C(=O)N3CCCC3)c2)c2cnn(Cc3cccs3)c2n1. The number of amides is 2. The molecule has 0 atom stereocenters. The third kappa shape index (κ3) is 4.52. The van der Waals surface area contributed by atoms with Crippen LogP contribution in [0.2, 0.25) is 0 Å². The molecule has 8 heteroatoms. The van der Waals surface area contributed by atoms with Gasteiger partial charge in [0, 0.05) is 35.8 Å². The highest BCUT2D eigenvalue weighted by molar-refractivity contribution is 7.09. The zero-order valence-electron chi connectivity index (χ0n) is 18.5. The number of carbonyl (C=O) groups is 2. The maximum absolute atomic E-state index is 13.1. The molecule has 3 aromatic heterocycles. The lowest BCUT2D eigenvalue weighted by molar-refractivity contribution is 0.0792. The molecule has 168 valence electrons. The molecular formula is C25H25N5O2S. The van der Waals surface area contributed by atoms with E-state index in [9.17, 15) is 9.59 Å². The molecule has 33 heavy (non-hydrogen) atoms. The van der Waals surface area contributed by atoms with Gasteiger partial charge >= 0.3 is 0 Å². The average Bonchev–Trinajstić information content (AvgIpc) is 3.60. The van der Waals surface area contributed by atoms with E-state index in [1.165, 1.54) is 4.88 Å². The molecule has 7 nitrogen and oxygen atoms in total. The van der Waals surface area contributed by atoms with E-state index in [1.54, 1.807) is 23.6 Å². The molecule has 0 aliphatic carbocycles. The van der Waals surface area contributed by atoms with Gasteiger partial charge in [-0.1, -0.05) is 18.2 Å². The monoisotopic (exact) mass is 459 g/mol. The summed E-state index contributed by atoms with van der Waals surface area (Å²) in [6, 6.07) is 13.4. The number of carbonyl (C=O) groups excluding carboxylic acids is 2. The molecule has 1 N–H and O–H groups in total. The van der Waals surface area contributed by atoms with Crippen molar-refractivity contribution in [3.63, 3.8) is 0 Å². The molecule has 4 heterocycles. The van der Waals surface area contributed by atoms with Crippen molar-refractivity contribution in [2.75, 3.05) is 13.1 Å². The molecule has 4 aromatic rings. The van der Waals surface area contributed by atoms with Crippen LogP contribution in [-0.2, 0) is 13.1 Å². The Morgan fingerprint density at radius 1 is 1.12 bits per heavy atom. The molecule has 2 amide bonds. The number of likely N-dealkylation sites (tertiary alicyclic amines) is 1. The van der Waals surface area contributed by atoms with E-state index < -0.39 is 0 Å². The van der Waals surface area contributed by atoms with Crippen LogP contribution in [0.15, 0.2) is 54.0 Å². The molecule has 1 fully saturated rings.